The molecule has 1 saturated heterocycles. The van der Waals surface area contributed by atoms with Crippen molar-refractivity contribution < 1.29 is 9.18 Å². The summed E-state index contributed by atoms with van der Waals surface area (Å²) in [6, 6.07) is 14.6. The smallest absolute Gasteiger partial charge is 0.322 e. The Morgan fingerprint density at radius 3 is 2.30 bits per heavy atom. The van der Waals surface area contributed by atoms with Crippen LogP contribution in [-0.2, 0) is 0 Å². The van der Waals surface area contributed by atoms with Crippen LogP contribution in [0.4, 0.5) is 20.7 Å². The van der Waals surface area contributed by atoms with Crippen LogP contribution in [-0.4, -0.2) is 47.3 Å². The van der Waals surface area contributed by atoms with Crippen LogP contribution in [0.15, 0.2) is 54.6 Å². The number of benzene rings is 2. The van der Waals surface area contributed by atoms with E-state index in [2.05, 4.69) is 20.4 Å². The number of urea groups is 1. The molecule has 0 aliphatic carbocycles. The Morgan fingerprint density at radius 1 is 0.933 bits per heavy atom. The lowest BCUT2D eigenvalue weighted by molar-refractivity contribution is 0.208. The molecule has 0 bridgehead atoms. The lowest BCUT2D eigenvalue weighted by Crippen LogP contribution is -2.50. The van der Waals surface area contributed by atoms with E-state index >= 15 is 0 Å². The maximum Gasteiger partial charge on any atom is 0.322 e. The molecule has 2 aromatic carbocycles. The van der Waals surface area contributed by atoms with Crippen LogP contribution in [0.25, 0.3) is 11.3 Å². The lowest BCUT2D eigenvalue weighted by atomic mass is 10.1. The Balaban J connectivity index is 1.34. The van der Waals surface area contributed by atoms with Crippen LogP contribution >= 0.6 is 23.2 Å². The molecular weight excluding hydrogens is 428 g/mol. The van der Waals surface area contributed by atoms with Gasteiger partial charge in [0.2, 0.25) is 0 Å². The molecular formula is C21H18Cl2FN5O. The van der Waals surface area contributed by atoms with Crippen molar-refractivity contribution in [2.75, 3.05) is 36.4 Å². The summed E-state index contributed by atoms with van der Waals surface area (Å²) in [5, 5.41) is 12.3. The maximum atomic E-state index is 13.1. The van der Waals surface area contributed by atoms with Gasteiger partial charge in [0.15, 0.2) is 5.82 Å². The van der Waals surface area contributed by atoms with E-state index in [1.165, 1.54) is 12.1 Å². The Labute approximate surface area is 183 Å². The molecule has 3 aromatic rings. The van der Waals surface area contributed by atoms with Gasteiger partial charge >= 0.3 is 6.03 Å². The molecule has 154 valence electrons. The molecule has 0 spiro atoms. The Bertz CT molecular complexity index is 1040. The Kier molecular flexibility index (Phi) is 6.01. The molecule has 1 aliphatic rings. The quantitative estimate of drug-likeness (QED) is 0.619. The van der Waals surface area contributed by atoms with Crippen LogP contribution in [0.2, 0.25) is 10.0 Å². The van der Waals surface area contributed by atoms with Crippen LogP contribution in [0.1, 0.15) is 0 Å². The topological polar surface area (TPSA) is 61.4 Å². The van der Waals surface area contributed by atoms with Crippen molar-refractivity contribution in [2.24, 2.45) is 0 Å². The minimum Gasteiger partial charge on any atom is -0.352 e. The number of halogens is 3. The van der Waals surface area contributed by atoms with Gasteiger partial charge in [-0.1, -0.05) is 23.2 Å². The monoisotopic (exact) mass is 445 g/mol. The predicted molar refractivity (Wildman–Crippen MR) is 117 cm³/mol. The molecule has 1 N–H and O–H groups in total. The first-order valence-corrected chi connectivity index (χ1v) is 10.1. The van der Waals surface area contributed by atoms with Crippen molar-refractivity contribution in [2.45, 2.75) is 0 Å². The van der Waals surface area contributed by atoms with E-state index < -0.39 is 0 Å². The summed E-state index contributed by atoms with van der Waals surface area (Å²) in [4.78, 5) is 16.3. The van der Waals surface area contributed by atoms with Gasteiger partial charge in [-0.25, -0.2) is 9.18 Å². The number of rotatable bonds is 3. The Hall–Kier alpha value is -2.90. The number of piperazine rings is 1. The first-order valence-electron chi connectivity index (χ1n) is 9.35. The zero-order valence-electron chi connectivity index (χ0n) is 15.9. The average molecular weight is 446 g/mol. The van der Waals surface area contributed by atoms with E-state index in [9.17, 15) is 9.18 Å². The summed E-state index contributed by atoms with van der Waals surface area (Å²) in [7, 11) is 0. The summed E-state index contributed by atoms with van der Waals surface area (Å²) in [5.74, 6) is 0.449. The number of anilines is 2. The molecule has 1 aliphatic heterocycles. The first kappa shape index (κ1) is 20.4. The number of carbonyl (C=O) groups is 1. The van der Waals surface area contributed by atoms with Gasteiger partial charge in [-0.2, -0.15) is 0 Å². The molecule has 2 heterocycles. The number of nitrogens with zero attached hydrogens (tertiary/aromatic N) is 4. The molecule has 9 heteroatoms. The lowest BCUT2D eigenvalue weighted by Gasteiger charge is -2.35. The summed E-state index contributed by atoms with van der Waals surface area (Å²) in [6.45, 7) is 2.34. The van der Waals surface area contributed by atoms with Crippen LogP contribution < -0.4 is 10.2 Å². The van der Waals surface area contributed by atoms with Gasteiger partial charge in [-0.15, -0.1) is 10.2 Å². The molecule has 1 aromatic heterocycles. The molecule has 30 heavy (non-hydrogen) atoms. The minimum absolute atomic E-state index is 0.211. The van der Waals surface area contributed by atoms with Gasteiger partial charge in [-0.05, 0) is 54.6 Å². The largest absolute Gasteiger partial charge is 0.352 e. The van der Waals surface area contributed by atoms with Crippen molar-refractivity contribution in [1.82, 2.24) is 15.1 Å². The van der Waals surface area contributed by atoms with E-state index in [4.69, 9.17) is 23.2 Å². The number of carbonyl (C=O) groups excluding carboxylic acids is 1. The van der Waals surface area contributed by atoms with E-state index in [0.717, 1.165) is 11.4 Å². The number of aromatic nitrogens is 2. The molecule has 1 fully saturated rings. The molecule has 2 amide bonds. The van der Waals surface area contributed by atoms with Gasteiger partial charge in [0, 0.05) is 36.8 Å². The number of nitrogens with one attached hydrogen (secondary N) is 1. The highest BCUT2D eigenvalue weighted by Gasteiger charge is 2.22. The highest BCUT2D eigenvalue weighted by atomic mass is 35.5. The number of hydrogen-bond acceptors (Lipinski definition) is 4. The second kappa shape index (κ2) is 8.85. The molecule has 0 unspecified atom stereocenters. The SMILES string of the molecule is O=C(Nc1ccc(Cl)cc1Cl)N1CCN(c2ccc(-c3ccc(F)cc3)nn2)CC1. The van der Waals surface area contributed by atoms with E-state index in [1.807, 2.05) is 12.1 Å². The van der Waals surface area contributed by atoms with Gasteiger partial charge in [-0.3, -0.25) is 0 Å². The molecule has 0 radical (unpaired) electrons. The summed E-state index contributed by atoms with van der Waals surface area (Å²) in [6.07, 6.45) is 0. The normalized spacial score (nSPS) is 14.0. The van der Waals surface area contributed by atoms with Crippen molar-refractivity contribution >= 4 is 40.7 Å². The Morgan fingerprint density at radius 2 is 1.67 bits per heavy atom. The summed E-state index contributed by atoms with van der Waals surface area (Å²) < 4.78 is 13.1. The van der Waals surface area contributed by atoms with Gasteiger partial charge in [0.05, 0.1) is 16.4 Å². The third-order valence-electron chi connectivity index (χ3n) is 4.85. The van der Waals surface area contributed by atoms with Crippen molar-refractivity contribution in [3.05, 3.63) is 70.5 Å². The fourth-order valence-electron chi connectivity index (χ4n) is 3.19. The molecule has 0 atom stereocenters. The summed E-state index contributed by atoms with van der Waals surface area (Å²) in [5.41, 5.74) is 2.00. The van der Waals surface area contributed by atoms with Crippen molar-refractivity contribution in [1.29, 1.82) is 0 Å². The van der Waals surface area contributed by atoms with E-state index in [-0.39, 0.29) is 11.8 Å². The van der Waals surface area contributed by atoms with Crippen LogP contribution in [0, 0.1) is 5.82 Å². The van der Waals surface area contributed by atoms with Crippen molar-refractivity contribution in [3.8, 4) is 11.3 Å². The molecule has 6 nitrogen and oxygen atoms in total. The fourth-order valence-corrected chi connectivity index (χ4v) is 3.65. The third kappa shape index (κ3) is 4.63. The second-order valence-corrected chi connectivity index (χ2v) is 7.66. The second-order valence-electron chi connectivity index (χ2n) is 6.81. The van der Waals surface area contributed by atoms with Gasteiger partial charge in [0.1, 0.15) is 5.82 Å². The zero-order chi connectivity index (χ0) is 21.1. The van der Waals surface area contributed by atoms with Gasteiger partial charge < -0.3 is 15.1 Å². The number of hydrogen-bond donors (Lipinski definition) is 1. The van der Waals surface area contributed by atoms with E-state index in [0.29, 0.717) is 47.6 Å². The average Bonchev–Trinajstić information content (AvgIpc) is 2.76. The number of amides is 2. The fraction of sp³-hybridized carbons (Fsp3) is 0.190. The minimum atomic E-state index is -0.288. The zero-order valence-corrected chi connectivity index (χ0v) is 17.4. The van der Waals surface area contributed by atoms with Gasteiger partial charge in [0.25, 0.3) is 0 Å². The molecule has 0 saturated carbocycles. The van der Waals surface area contributed by atoms with Crippen LogP contribution in [0.3, 0.4) is 0 Å². The van der Waals surface area contributed by atoms with Crippen molar-refractivity contribution in [3.63, 3.8) is 0 Å². The first-order chi connectivity index (χ1) is 14.5. The predicted octanol–water partition coefficient (Wildman–Crippen LogP) is 4.94. The standard InChI is InChI=1S/C21H18Cl2FN5O/c22-15-3-6-19(17(23)13-15)25-21(30)29-11-9-28(10-12-29)20-8-7-18(26-27-20)14-1-4-16(24)5-2-14/h1-8,13H,9-12H2,(H,25,30). The maximum absolute atomic E-state index is 13.1. The van der Waals surface area contributed by atoms with E-state index in [1.54, 1.807) is 35.2 Å². The molecule has 4 rings (SSSR count). The summed E-state index contributed by atoms with van der Waals surface area (Å²) >= 11 is 12.0. The van der Waals surface area contributed by atoms with Crippen LogP contribution in [0.5, 0.6) is 0 Å². The third-order valence-corrected chi connectivity index (χ3v) is 5.40. The highest BCUT2D eigenvalue weighted by molar-refractivity contribution is 6.36. The highest BCUT2D eigenvalue weighted by Crippen LogP contribution is 2.26.